The van der Waals surface area contributed by atoms with Crippen LogP contribution in [0.3, 0.4) is 0 Å². The number of aliphatic hydroxyl groups is 1. The number of ether oxygens (including phenoxy) is 3. The summed E-state index contributed by atoms with van der Waals surface area (Å²) < 4.78 is 15.5. The number of para-hydroxylation sites is 1. The van der Waals surface area contributed by atoms with Crippen LogP contribution in [0, 0.1) is 35.5 Å². The maximum Gasteiger partial charge on any atom is 0.408 e. The van der Waals surface area contributed by atoms with Crippen molar-refractivity contribution in [2.24, 2.45) is 35.5 Å². The van der Waals surface area contributed by atoms with Crippen LogP contribution in [0.4, 0.5) is 14.4 Å². The average molecular weight is 1070 g/mol. The van der Waals surface area contributed by atoms with Crippen LogP contribution in [0.5, 0.6) is 5.75 Å². The van der Waals surface area contributed by atoms with Crippen LogP contribution in [0.25, 0.3) is 10.9 Å². The normalized spacial score (nSPS) is 13.1. The van der Waals surface area contributed by atoms with Gasteiger partial charge in [-0.05, 0) is 111 Å². The van der Waals surface area contributed by atoms with Crippen molar-refractivity contribution in [1.82, 2.24) is 20.9 Å². The lowest BCUT2D eigenvalue weighted by Gasteiger charge is -2.25. The highest BCUT2D eigenvalue weighted by Gasteiger charge is 2.31. The molecule has 1 aromatic heterocycles. The summed E-state index contributed by atoms with van der Waals surface area (Å²) in [6.07, 6.45) is -0.139. The topological polar surface area (TPSA) is 240 Å². The van der Waals surface area contributed by atoms with Gasteiger partial charge in [0.05, 0.1) is 18.2 Å². The number of Topliss-reactive ketones (excluding diaryl/α,β-unsaturated/α-hetero) is 4. The summed E-state index contributed by atoms with van der Waals surface area (Å²) in [5, 5.41) is 27.6. The molecule has 0 aliphatic carbocycles. The number of aliphatic hydroxyl groups excluding tert-OH is 1. The molecular weight excluding hydrogens is 969 g/mol. The number of rotatable bonds is 17. The summed E-state index contributed by atoms with van der Waals surface area (Å²) in [4.78, 5) is 86.6. The van der Waals surface area contributed by atoms with Gasteiger partial charge in [0.1, 0.15) is 34.4 Å². The molecule has 0 fully saturated rings. The predicted octanol–water partition coefficient (Wildman–Crippen LogP) is 12.8. The number of amides is 3. The minimum Gasteiger partial charge on any atom is -0.508 e. The number of phenolic OH excluding ortho intramolecular Hbond substituents is 1. The maximum atomic E-state index is 12.5. The van der Waals surface area contributed by atoms with E-state index in [0.717, 1.165) is 22.0 Å². The van der Waals surface area contributed by atoms with Gasteiger partial charge in [-0.1, -0.05) is 129 Å². The number of fused-ring (bicyclic) bond motifs is 1. The van der Waals surface area contributed by atoms with Gasteiger partial charge in [0, 0.05) is 53.1 Å². The molecule has 0 unspecified atom stereocenters. The van der Waals surface area contributed by atoms with Crippen molar-refractivity contribution in [2.45, 2.75) is 222 Å². The van der Waals surface area contributed by atoms with E-state index in [-0.39, 0.29) is 75.0 Å². The number of aromatic nitrogens is 1. The van der Waals surface area contributed by atoms with E-state index in [9.17, 15) is 43.8 Å². The first-order valence-electron chi connectivity index (χ1n) is 25.4. The number of hydrogen-bond donors (Lipinski definition) is 6. The molecule has 3 amide bonds. The first-order chi connectivity index (χ1) is 33.3. The first-order valence-corrected chi connectivity index (χ1v) is 25.4. The van der Waals surface area contributed by atoms with Crippen molar-refractivity contribution in [3.8, 4) is 5.75 Å². The second-order valence-electron chi connectivity index (χ2n) is 23.0. The van der Waals surface area contributed by atoms with Gasteiger partial charge in [-0.25, -0.2) is 14.4 Å². The Morgan fingerprint density at radius 3 is 1.22 bits per heavy atom. The third-order valence-corrected chi connectivity index (χ3v) is 10.7. The van der Waals surface area contributed by atoms with Gasteiger partial charge >= 0.3 is 18.3 Å². The molecule has 3 aromatic rings. The molecule has 2 aromatic carbocycles. The molecule has 0 saturated heterocycles. The molecule has 0 spiro atoms. The summed E-state index contributed by atoms with van der Waals surface area (Å²) in [6.45, 7) is 38.1. The van der Waals surface area contributed by atoms with Crippen LogP contribution in [0.2, 0.25) is 0 Å². The minimum absolute atomic E-state index is 0. The Labute approximate surface area is 458 Å². The van der Waals surface area contributed by atoms with E-state index in [4.69, 9.17) is 14.2 Å². The molecule has 16 nitrogen and oxygen atoms in total. The lowest BCUT2D eigenvalue weighted by molar-refractivity contribution is -0.127. The quantitative estimate of drug-likeness (QED) is 0.0692. The number of carbonyl (C=O) groups is 7. The smallest absolute Gasteiger partial charge is 0.408 e. The molecule has 0 radical (unpaired) electrons. The zero-order valence-corrected chi connectivity index (χ0v) is 47.9. The van der Waals surface area contributed by atoms with Gasteiger partial charge in [-0.3, -0.25) is 19.2 Å². The fourth-order valence-corrected chi connectivity index (χ4v) is 6.62. The van der Waals surface area contributed by atoms with Crippen LogP contribution in [0.15, 0.2) is 54.7 Å². The Morgan fingerprint density at radius 1 is 0.513 bits per heavy atom. The van der Waals surface area contributed by atoms with Crippen LogP contribution in [-0.2, 0) is 46.2 Å². The predicted molar refractivity (Wildman–Crippen MR) is 309 cm³/mol. The molecule has 0 aliphatic rings. The second-order valence-corrected chi connectivity index (χ2v) is 23.0. The number of ketones is 4. The van der Waals surface area contributed by atoms with E-state index in [2.05, 4.69) is 34.8 Å². The first kappa shape index (κ1) is 76.7. The Balaban J connectivity index is -0.000000466. The van der Waals surface area contributed by atoms with Crippen molar-refractivity contribution in [3.05, 3.63) is 65.9 Å². The highest BCUT2D eigenvalue weighted by atomic mass is 16.6. The van der Waals surface area contributed by atoms with Crippen molar-refractivity contribution in [2.75, 3.05) is 0 Å². The monoisotopic (exact) mass is 1070 g/mol. The molecule has 0 bridgehead atoms. The average Bonchev–Trinajstić information content (AvgIpc) is 3.65. The number of aromatic amines is 1. The SMILES string of the molecule is C.C.C.CC(C)C(=O)[C@@H](C)C(C)C.CC(C)C(=O)[C@@H](NC(=O)OC(C)(C)C)[C@@H](C)O.CC(C)C(=O)[C@H](Cc1c[nH]c2ccccc12)NC(=O)OC(C)(C)C.CC(C)C(=O)[C@H](Cc1ccc(O)cc1)NC(=O)OC(C)(C)C. The van der Waals surface area contributed by atoms with Gasteiger partial charge < -0.3 is 45.4 Å². The zero-order chi connectivity index (χ0) is 56.9. The Bertz CT molecular complexity index is 2210. The third kappa shape index (κ3) is 31.3. The number of carbonyl (C=O) groups excluding carboxylic acids is 7. The number of nitrogens with one attached hydrogen (secondary N) is 4. The molecule has 6 N–H and O–H groups in total. The number of phenols is 1. The van der Waals surface area contributed by atoms with Gasteiger partial charge in [-0.2, -0.15) is 0 Å². The number of hydrogen-bond acceptors (Lipinski definition) is 12. The summed E-state index contributed by atoms with van der Waals surface area (Å²) in [5.74, 6) is 0.533. The van der Waals surface area contributed by atoms with Crippen molar-refractivity contribution < 1.29 is 58.0 Å². The Kier molecular flexibility index (Phi) is 35.1. The summed E-state index contributed by atoms with van der Waals surface area (Å²) in [5.41, 5.74) is 1.02. The van der Waals surface area contributed by atoms with Crippen LogP contribution >= 0.6 is 0 Å². The standard InChI is InChI=1S/C19H26N2O3.C17H25NO4.C12H23NO4.C9H18O.3CH4/c1-12(2)17(22)16(21-18(23)24-19(3,4)5)10-13-11-20-15-9-7-6-8-14(13)15;1-11(2)15(20)14(18-16(21)22-17(3,4)5)10-12-6-8-13(19)9-7-12;1-7(2)10(15)9(8(3)14)13-11(16)17-12(4,5)6;1-6(2)8(5)9(10)7(3)4;;;/h6-9,11-12,16,20H,10H2,1-5H3,(H,21,23);6-9,11,14,19H,10H2,1-5H3,(H,18,21);7-9,14H,1-6H3,(H,13,16);6-8H,1-5H3;3*1H4/t16-;14-;8-,9+;8-;;;/m0010.../s1. The molecule has 3 rings (SSSR count). The summed E-state index contributed by atoms with van der Waals surface area (Å²) >= 11 is 0. The van der Waals surface area contributed by atoms with Crippen molar-refractivity contribution in [3.63, 3.8) is 0 Å². The van der Waals surface area contributed by atoms with E-state index in [1.54, 1.807) is 114 Å². The lowest BCUT2D eigenvalue weighted by Crippen LogP contribution is -2.50. The van der Waals surface area contributed by atoms with Gasteiger partial charge in [0.25, 0.3) is 0 Å². The van der Waals surface area contributed by atoms with E-state index in [1.807, 2.05) is 65.1 Å². The van der Waals surface area contributed by atoms with Crippen LogP contribution in [0.1, 0.15) is 179 Å². The lowest BCUT2D eigenvalue weighted by atomic mass is 9.88. The fraction of sp³-hybridized carbons (Fsp3) is 0.650. The minimum atomic E-state index is -0.947. The highest BCUT2D eigenvalue weighted by Crippen LogP contribution is 2.21. The number of aromatic hydroxyl groups is 1. The van der Waals surface area contributed by atoms with Gasteiger partial charge in [-0.15, -0.1) is 0 Å². The van der Waals surface area contributed by atoms with Crippen molar-refractivity contribution in [1.29, 1.82) is 0 Å². The molecule has 0 aliphatic heterocycles. The molecule has 0 saturated carbocycles. The Morgan fingerprint density at radius 2 is 0.882 bits per heavy atom. The molecule has 1 heterocycles. The fourth-order valence-electron chi connectivity index (χ4n) is 6.62. The van der Waals surface area contributed by atoms with Gasteiger partial charge in [0.2, 0.25) is 0 Å². The number of H-pyrrole nitrogens is 1. The molecular formula is C60H104N4O12. The molecule has 436 valence electrons. The van der Waals surface area contributed by atoms with E-state index in [1.165, 1.54) is 6.92 Å². The zero-order valence-electron chi connectivity index (χ0n) is 47.9. The maximum absolute atomic E-state index is 12.5. The van der Waals surface area contributed by atoms with E-state index in [0.29, 0.717) is 24.5 Å². The van der Waals surface area contributed by atoms with Crippen molar-refractivity contribution >= 4 is 52.3 Å². The van der Waals surface area contributed by atoms with E-state index < -0.39 is 59.3 Å². The molecule has 76 heavy (non-hydrogen) atoms. The third-order valence-electron chi connectivity index (χ3n) is 10.7. The largest absolute Gasteiger partial charge is 0.508 e. The number of benzene rings is 2. The van der Waals surface area contributed by atoms with E-state index >= 15 is 0 Å². The number of alkyl carbamates (subject to hydrolysis) is 3. The highest BCUT2D eigenvalue weighted by molar-refractivity contribution is 5.91. The molecule has 16 heteroatoms. The summed E-state index contributed by atoms with van der Waals surface area (Å²) in [6, 6.07) is 12.3. The second kappa shape index (κ2) is 34.8. The molecule has 5 atom stereocenters. The Hall–Kier alpha value is -5.77. The van der Waals surface area contributed by atoms with Crippen LogP contribution in [-0.4, -0.2) is 97.6 Å². The summed E-state index contributed by atoms with van der Waals surface area (Å²) in [7, 11) is 0. The van der Waals surface area contributed by atoms with Gasteiger partial charge in [0.15, 0.2) is 17.3 Å². The van der Waals surface area contributed by atoms with Crippen LogP contribution < -0.4 is 16.0 Å².